The van der Waals surface area contributed by atoms with Crippen molar-refractivity contribution in [2.45, 2.75) is 16.5 Å². The summed E-state index contributed by atoms with van der Waals surface area (Å²) in [5.74, 6) is -0.516. The van der Waals surface area contributed by atoms with Gasteiger partial charge in [0.15, 0.2) is 5.09 Å². The summed E-state index contributed by atoms with van der Waals surface area (Å²) in [5, 5.41) is 3.78. The number of urea groups is 1. The number of nitrogens with zero attached hydrogens (tertiary/aromatic N) is 1. The summed E-state index contributed by atoms with van der Waals surface area (Å²) >= 11 is 7.28. The monoisotopic (exact) mass is 458 g/mol. The van der Waals surface area contributed by atoms with Gasteiger partial charge in [-0.2, -0.15) is 0 Å². The van der Waals surface area contributed by atoms with Gasteiger partial charge in [0.1, 0.15) is 17.2 Å². The highest BCUT2D eigenvalue weighted by molar-refractivity contribution is 7.99. The molecule has 0 saturated carbocycles. The Kier molecular flexibility index (Phi) is 5.88. The fraction of sp³-hybridized carbons (Fsp3) is 0.0952. The molecule has 1 N–H and O–H groups in total. The zero-order chi connectivity index (χ0) is 22.0. The lowest BCUT2D eigenvalue weighted by molar-refractivity contribution is -0.123. The van der Waals surface area contributed by atoms with Gasteiger partial charge in [-0.05, 0) is 48.5 Å². The minimum atomic E-state index is -0.644. The molecule has 0 atom stereocenters. The summed E-state index contributed by atoms with van der Waals surface area (Å²) in [5.41, 5.74) is 0.0714. The van der Waals surface area contributed by atoms with Gasteiger partial charge in [-0.1, -0.05) is 23.4 Å². The van der Waals surface area contributed by atoms with Crippen LogP contribution < -0.4 is 5.32 Å². The largest absolute Gasteiger partial charge is 0.463 e. The topological polar surface area (TPSA) is 102 Å². The van der Waals surface area contributed by atoms with Crippen molar-refractivity contribution in [3.05, 3.63) is 76.5 Å². The van der Waals surface area contributed by atoms with Crippen molar-refractivity contribution >= 4 is 47.3 Å². The van der Waals surface area contributed by atoms with Gasteiger partial charge < -0.3 is 18.9 Å². The van der Waals surface area contributed by atoms with Crippen LogP contribution >= 0.6 is 23.4 Å². The molecule has 0 unspecified atom stereocenters. The normalized spacial score (nSPS) is 14.9. The third kappa shape index (κ3) is 4.68. The number of rotatable bonds is 6. The molecule has 1 aliphatic rings. The van der Waals surface area contributed by atoms with Crippen LogP contribution in [0.2, 0.25) is 5.02 Å². The lowest BCUT2D eigenvalue weighted by Crippen LogP contribution is -2.30. The Balaban J connectivity index is 1.44. The van der Waals surface area contributed by atoms with E-state index in [-0.39, 0.29) is 23.8 Å². The van der Waals surface area contributed by atoms with Crippen LogP contribution in [-0.4, -0.2) is 29.9 Å². The minimum absolute atomic E-state index is 0.0124. The Labute approximate surface area is 185 Å². The van der Waals surface area contributed by atoms with Crippen molar-refractivity contribution in [3.8, 4) is 0 Å². The van der Waals surface area contributed by atoms with E-state index in [1.807, 2.05) is 12.1 Å². The molecule has 31 heavy (non-hydrogen) atoms. The quantitative estimate of drug-likeness (QED) is 0.328. The standard InChI is InChI=1S/C21H15ClN2O6S/c1-28-20(26)17-8-4-14(29-17)11-24-19(25)16(23-21(24)27)10-13-5-9-18(30-13)31-15-6-2-12(22)3-7-15/h2-10H,11H2,1H3,(H,23,27). The molecule has 0 radical (unpaired) electrons. The van der Waals surface area contributed by atoms with Crippen LogP contribution in [0.5, 0.6) is 0 Å². The Morgan fingerprint density at radius 2 is 1.90 bits per heavy atom. The SMILES string of the molecule is COC(=O)c1ccc(CN2C(=O)NC(=Cc3ccc(Sc4ccc(Cl)cc4)o3)C2=O)o1. The molecule has 0 bridgehead atoms. The lowest BCUT2D eigenvalue weighted by atomic mass is 10.3. The number of nitrogens with one attached hydrogen (secondary N) is 1. The van der Waals surface area contributed by atoms with Gasteiger partial charge in [0, 0.05) is 16.0 Å². The number of carbonyl (C=O) groups excluding carboxylic acids is 3. The first-order valence-corrected chi connectivity index (χ1v) is 10.2. The highest BCUT2D eigenvalue weighted by Crippen LogP contribution is 2.31. The van der Waals surface area contributed by atoms with Gasteiger partial charge in [0.2, 0.25) is 5.76 Å². The molecule has 3 amide bonds. The maximum Gasteiger partial charge on any atom is 0.373 e. The number of amides is 3. The number of carbonyl (C=O) groups is 3. The van der Waals surface area contributed by atoms with Crippen molar-refractivity contribution in [2.24, 2.45) is 0 Å². The lowest BCUT2D eigenvalue weighted by Gasteiger charge is -2.09. The molecule has 0 spiro atoms. The summed E-state index contributed by atoms with van der Waals surface area (Å²) in [6.45, 7) is -0.130. The molecule has 8 nitrogen and oxygen atoms in total. The third-order valence-electron chi connectivity index (χ3n) is 4.25. The van der Waals surface area contributed by atoms with Crippen molar-refractivity contribution in [1.82, 2.24) is 10.2 Å². The molecule has 1 fully saturated rings. The molecule has 2 aromatic heterocycles. The van der Waals surface area contributed by atoms with E-state index in [2.05, 4.69) is 10.1 Å². The van der Waals surface area contributed by atoms with E-state index in [1.165, 1.54) is 37.1 Å². The number of benzene rings is 1. The molecule has 1 saturated heterocycles. The van der Waals surface area contributed by atoms with Crippen LogP contribution in [0, 0.1) is 0 Å². The van der Waals surface area contributed by atoms with Gasteiger partial charge in [-0.15, -0.1) is 0 Å². The molecular formula is C21H15ClN2O6S. The second-order valence-corrected chi connectivity index (χ2v) is 7.86. The first kappa shape index (κ1) is 20.8. The predicted octanol–water partition coefficient (Wildman–Crippen LogP) is 4.56. The van der Waals surface area contributed by atoms with E-state index >= 15 is 0 Å². The fourth-order valence-electron chi connectivity index (χ4n) is 2.77. The molecule has 158 valence electrons. The summed E-state index contributed by atoms with van der Waals surface area (Å²) in [7, 11) is 1.23. The smallest absolute Gasteiger partial charge is 0.373 e. The summed E-state index contributed by atoms with van der Waals surface area (Å²) < 4.78 is 15.6. The van der Waals surface area contributed by atoms with Crippen molar-refractivity contribution < 1.29 is 28.0 Å². The summed E-state index contributed by atoms with van der Waals surface area (Å²) in [4.78, 5) is 38.3. The Morgan fingerprint density at radius 1 is 1.13 bits per heavy atom. The maximum atomic E-state index is 12.6. The fourth-order valence-corrected chi connectivity index (χ4v) is 3.68. The Bertz CT molecular complexity index is 1180. The highest BCUT2D eigenvalue weighted by Gasteiger charge is 2.34. The number of hydrogen-bond donors (Lipinski definition) is 1. The van der Waals surface area contributed by atoms with Gasteiger partial charge >= 0.3 is 12.0 Å². The van der Waals surface area contributed by atoms with Crippen LogP contribution in [0.1, 0.15) is 22.1 Å². The summed E-state index contributed by atoms with van der Waals surface area (Å²) in [6, 6.07) is 13.1. The zero-order valence-corrected chi connectivity index (χ0v) is 17.7. The summed E-state index contributed by atoms with van der Waals surface area (Å²) in [6.07, 6.45) is 1.45. The number of halogens is 1. The first-order valence-electron chi connectivity index (χ1n) is 8.98. The second-order valence-electron chi connectivity index (χ2n) is 6.35. The number of hydrogen-bond acceptors (Lipinski definition) is 7. The van der Waals surface area contributed by atoms with Gasteiger partial charge in [-0.3, -0.25) is 9.69 Å². The first-order chi connectivity index (χ1) is 14.9. The van der Waals surface area contributed by atoms with Crippen LogP contribution in [0.4, 0.5) is 4.79 Å². The van der Waals surface area contributed by atoms with E-state index < -0.39 is 17.9 Å². The molecule has 4 rings (SSSR count). The number of imide groups is 1. The van der Waals surface area contributed by atoms with Gasteiger partial charge in [-0.25, -0.2) is 9.59 Å². The second kappa shape index (κ2) is 8.75. The third-order valence-corrected chi connectivity index (χ3v) is 5.43. The average Bonchev–Trinajstić information content (AvgIpc) is 3.47. The number of methoxy groups -OCH3 is 1. The van der Waals surface area contributed by atoms with Crippen LogP contribution in [0.3, 0.4) is 0 Å². The maximum absolute atomic E-state index is 12.6. The van der Waals surface area contributed by atoms with Crippen LogP contribution in [0.15, 0.2) is 73.1 Å². The molecule has 3 heterocycles. The molecule has 1 aromatic carbocycles. The van der Waals surface area contributed by atoms with Crippen LogP contribution in [-0.2, 0) is 16.1 Å². The van der Waals surface area contributed by atoms with Crippen molar-refractivity contribution in [3.63, 3.8) is 0 Å². The van der Waals surface area contributed by atoms with E-state index in [1.54, 1.807) is 24.3 Å². The number of esters is 1. The molecular weight excluding hydrogens is 444 g/mol. The van der Waals surface area contributed by atoms with Crippen molar-refractivity contribution in [1.29, 1.82) is 0 Å². The van der Waals surface area contributed by atoms with Gasteiger partial charge in [0.25, 0.3) is 5.91 Å². The van der Waals surface area contributed by atoms with E-state index in [9.17, 15) is 14.4 Å². The van der Waals surface area contributed by atoms with E-state index in [0.717, 1.165) is 9.80 Å². The molecule has 1 aliphatic heterocycles. The zero-order valence-electron chi connectivity index (χ0n) is 16.1. The van der Waals surface area contributed by atoms with E-state index in [0.29, 0.717) is 15.9 Å². The Hall–Kier alpha value is -3.43. The van der Waals surface area contributed by atoms with Crippen molar-refractivity contribution in [2.75, 3.05) is 7.11 Å². The average molecular weight is 459 g/mol. The minimum Gasteiger partial charge on any atom is -0.463 e. The Morgan fingerprint density at radius 3 is 2.65 bits per heavy atom. The molecule has 10 heteroatoms. The molecule has 3 aromatic rings. The predicted molar refractivity (Wildman–Crippen MR) is 111 cm³/mol. The van der Waals surface area contributed by atoms with Gasteiger partial charge in [0.05, 0.1) is 13.7 Å². The number of ether oxygens (including phenoxy) is 1. The molecule has 0 aliphatic carbocycles. The number of furan rings is 2. The highest BCUT2D eigenvalue weighted by atomic mass is 35.5. The van der Waals surface area contributed by atoms with Crippen LogP contribution in [0.25, 0.3) is 6.08 Å². The van der Waals surface area contributed by atoms with E-state index in [4.69, 9.17) is 20.4 Å².